The van der Waals surface area contributed by atoms with Gasteiger partial charge < -0.3 is 4.74 Å². The molecule has 0 spiro atoms. The summed E-state index contributed by atoms with van der Waals surface area (Å²) in [6.07, 6.45) is 2.05. The summed E-state index contributed by atoms with van der Waals surface area (Å²) in [6.45, 7) is 3.73. The number of amides is 1. The van der Waals surface area contributed by atoms with Crippen LogP contribution in [-0.4, -0.2) is 16.3 Å². The Morgan fingerprint density at radius 2 is 1.96 bits per heavy atom. The number of aryl methyl sites for hydroxylation is 1. The van der Waals surface area contributed by atoms with Gasteiger partial charge in [0.05, 0.1) is 16.3 Å². The van der Waals surface area contributed by atoms with Gasteiger partial charge in [-0.05, 0) is 49.7 Å². The zero-order valence-electron chi connectivity index (χ0n) is 14.5. The first-order valence-corrected chi connectivity index (χ1v) is 9.32. The molecule has 1 fully saturated rings. The molecule has 0 aliphatic heterocycles. The van der Waals surface area contributed by atoms with Crippen LogP contribution in [0.4, 0.5) is 10.5 Å². The quantitative estimate of drug-likeness (QED) is 0.836. The van der Waals surface area contributed by atoms with Gasteiger partial charge in [0.15, 0.2) is 0 Å². The molecule has 1 saturated carbocycles. The predicted octanol–water partition coefficient (Wildman–Crippen LogP) is 4.99. The Morgan fingerprint density at radius 3 is 2.64 bits per heavy atom. The fourth-order valence-electron chi connectivity index (χ4n) is 3.10. The Balaban J connectivity index is 1.67. The van der Waals surface area contributed by atoms with E-state index in [2.05, 4.69) is 9.69 Å². The summed E-state index contributed by atoms with van der Waals surface area (Å²) in [6, 6.07) is 9.63. The Bertz CT molecular complexity index is 747. The number of carbonyl (C=O) groups is 2. The zero-order valence-corrected chi connectivity index (χ0v) is 15.3. The van der Waals surface area contributed by atoms with E-state index in [1.54, 1.807) is 0 Å². The minimum absolute atomic E-state index is 0.283. The Labute approximate surface area is 151 Å². The molecular weight excluding hydrogens is 336 g/mol. The number of benzene rings is 1. The smallest absolute Gasteiger partial charge is 0.412 e. The van der Waals surface area contributed by atoms with Crippen molar-refractivity contribution in [2.75, 3.05) is 5.32 Å². The molecule has 1 amide bonds. The normalized spacial score (nSPS) is 16.5. The molecular formula is C19H22N2O3S. The first kappa shape index (κ1) is 17.6. The molecule has 1 aliphatic carbocycles. The Morgan fingerprint density at radius 1 is 1.28 bits per heavy atom. The van der Waals surface area contributed by atoms with Crippen LogP contribution in [0.3, 0.4) is 0 Å². The van der Waals surface area contributed by atoms with E-state index in [1.807, 2.05) is 44.2 Å². The van der Waals surface area contributed by atoms with Crippen molar-refractivity contribution < 1.29 is 14.3 Å². The number of carbonyl (C=O) groups excluding carboxylic acids is 2. The third-order valence-electron chi connectivity index (χ3n) is 4.58. The molecule has 1 atom stereocenters. The van der Waals surface area contributed by atoms with Crippen molar-refractivity contribution in [3.8, 4) is 0 Å². The lowest BCUT2D eigenvalue weighted by Gasteiger charge is -2.21. The van der Waals surface area contributed by atoms with Gasteiger partial charge in [-0.3, -0.25) is 10.1 Å². The second-order valence-corrected chi connectivity index (χ2v) is 7.21. The number of hydrogen-bond acceptors (Lipinski definition) is 5. The maximum absolute atomic E-state index is 12.3. The molecule has 6 heteroatoms. The van der Waals surface area contributed by atoms with Gasteiger partial charge in [-0.1, -0.05) is 30.3 Å². The predicted molar refractivity (Wildman–Crippen MR) is 98.0 cm³/mol. The van der Waals surface area contributed by atoms with Crippen LogP contribution in [0.1, 0.15) is 60.8 Å². The number of nitrogens with zero attached hydrogens (tertiary/aromatic N) is 1. The lowest BCUT2D eigenvalue weighted by Crippen LogP contribution is -2.18. The van der Waals surface area contributed by atoms with E-state index < -0.39 is 6.09 Å². The van der Waals surface area contributed by atoms with Gasteiger partial charge in [-0.15, -0.1) is 0 Å². The van der Waals surface area contributed by atoms with Gasteiger partial charge in [0.1, 0.15) is 11.9 Å². The summed E-state index contributed by atoms with van der Waals surface area (Å²) in [7, 11) is 0. The van der Waals surface area contributed by atoms with Crippen LogP contribution < -0.4 is 5.32 Å². The fourth-order valence-corrected chi connectivity index (χ4v) is 4.11. The molecule has 3 rings (SSSR count). The van der Waals surface area contributed by atoms with Crippen molar-refractivity contribution in [3.63, 3.8) is 0 Å². The summed E-state index contributed by atoms with van der Waals surface area (Å²) >= 11 is 1.41. The monoisotopic (exact) mass is 358 g/mol. The molecule has 25 heavy (non-hydrogen) atoms. The van der Waals surface area contributed by atoms with E-state index in [1.165, 1.54) is 11.5 Å². The largest absolute Gasteiger partial charge is 0.441 e. The maximum atomic E-state index is 12.3. The lowest BCUT2D eigenvalue weighted by atomic mass is 9.87. The van der Waals surface area contributed by atoms with Gasteiger partial charge in [-0.2, -0.15) is 4.37 Å². The van der Waals surface area contributed by atoms with Gasteiger partial charge in [0, 0.05) is 12.8 Å². The molecule has 0 saturated heterocycles. The SMILES string of the molecule is Cc1nsc(C2CCC(=O)CC2)c1NC(=O)O[C@H](C)c1ccccc1. The van der Waals surface area contributed by atoms with Crippen LogP contribution in [-0.2, 0) is 9.53 Å². The molecule has 1 N–H and O–H groups in total. The standard InChI is InChI=1S/C19H22N2O3S/c1-12-17(18(25-21-12)15-8-10-16(22)11-9-15)20-19(23)24-13(2)14-6-4-3-5-7-14/h3-7,13,15H,8-11H2,1-2H3,(H,20,23)/t13-/m1/s1. The van der Waals surface area contributed by atoms with Crippen molar-refractivity contribution in [1.82, 2.24) is 4.37 Å². The lowest BCUT2D eigenvalue weighted by molar-refractivity contribution is -0.120. The summed E-state index contributed by atoms with van der Waals surface area (Å²) in [5, 5.41) is 2.87. The van der Waals surface area contributed by atoms with Crippen molar-refractivity contribution in [1.29, 1.82) is 0 Å². The topological polar surface area (TPSA) is 68.3 Å². The van der Waals surface area contributed by atoms with Crippen LogP contribution in [0, 0.1) is 6.92 Å². The maximum Gasteiger partial charge on any atom is 0.412 e. The van der Waals surface area contributed by atoms with E-state index >= 15 is 0 Å². The molecule has 1 aromatic heterocycles. The van der Waals surface area contributed by atoms with E-state index in [-0.39, 0.29) is 12.0 Å². The first-order chi connectivity index (χ1) is 12.0. The van der Waals surface area contributed by atoms with Crippen molar-refractivity contribution in [3.05, 3.63) is 46.5 Å². The molecule has 2 aromatic rings. The molecule has 1 aromatic carbocycles. The summed E-state index contributed by atoms with van der Waals surface area (Å²) in [5.41, 5.74) is 2.49. The third-order valence-corrected chi connectivity index (χ3v) is 5.68. The number of ketones is 1. The van der Waals surface area contributed by atoms with Gasteiger partial charge >= 0.3 is 6.09 Å². The number of ether oxygens (including phenoxy) is 1. The molecule has 5 nitrogen and oxygen atoms in total. The average Bonchev–Trinajstić information content (AvgIpc) is 2.97. The molecule has 132 valence electrons. The van der Waals surface area contributed by atoms with Gasteiger partial charge in [-0.25, -0.2) is 4.79 Å². The Kier molecular flexibility index (Phi) is 5.48. The molecule has 1 aliphatic rings. The van der Waals surface area contributed by atoms with Crippen molar-refractivity contribution in [2.45, 2.75) is 51.6 Å². The minimum atomic E-state index is -0.479. The molecule has 0 radical (unpaired) electrons. The van der Waals surface area contributed by atoms with E-state index in [4.69, 9.17) is 4.74 Å². The molecule has 1 heterocycles. The van der Waals surface area contributed by atoms with Crippen LogP contribution in [0.15, 0.2) is 30.3 Å². The number of hydrogen-bond donors (Lipinski definition) is 1. The number of anilines is 1. The highest BCUT2D eigenvalue weighted by molar-refractivity contribution is 7.06. The highest BCUT2D eigenvalue weighted by atomic mass is 32.1. The molecule has 0 unspecified atom stereocenters. The van der Waals surface area contributed by atoms with Crippen molar-refractivity contribution in [2.24, 2.45) is 0 Å². The van der Waals surface area contributed by atoms with Crippen LogP contribution in [0.5, 0.6) is 0 Å². The van der Waals surface area contributed by atoms with E-state index in [0.717, 1.165) is 34.7 Å². The van der Waals surface area contributed by atoms with Crippen LogP contribution >= 0.6 is 11.5 Å². The summed E-state index contributed by atoms with van der Waals surface area (Å²) in [5.74, 6) is 0.605. The number of rotatable bonds is 4. The first-order valence-electron chi connectivity index (χ1n) is 8.55. The van der Waals surface area contributed by atoms with Gasteiger partial charge in [0.2, 0.25) is 0 Å². The number of Topliss-reactive ketones (excluding diaryl/α,β-unsaturated/α-hetero) is 1. The Hall–Kier alpha value is -2.21. The third kappa shape index (κ3) is 4.25. The average molecular weight is 358 g/mol. The van der Waals surface area contributed by atoms with Crippen molar-refractivity contribution >= 4 is 29.1 Å². The second-order valence-electron chi connectivity index (χ2n) is 6.40. The second kappa shape index (κ2) is 7.78. The zero-order chi connectivity index (χ0) is 17.8. The number of nitrogens with one attached hydrogen (secondary N) is 1. The number of aromatic nitrogens is 1. The fraction of sp³-hybridized carbons (Fsp3) is 0.421. The van der Waals surface area contributed by atoms with E-state index in [9.17, 15) is 9.59 Å². The highest BCUT2D eigenvalue weighted by Crippen LogP contribution is 2.39. The minimum Gasteiger partial charge on any atom is -0.441 e. The van der Waals surface area contributed by atoms with Crippen LogP contribution in [0.2, 0.25) is 0 Å². The van der Waals surface area contributed by atoms with Gasteiger partial charge in [0.25, 0.3) is 0 Å². The highest BCUT2D eigenvalue weighted by Gasteiger charge is 2.26. The summed E-state index contributed by atoms with van der Waals surface area (Å²) < 4.78 is 9.88. The summed E-state index contributed by atoms with van der Waals surface area (Å²) in [4.78, 5) is 24.8. The van der Waals surface area contributed by atoms with Crippen LogP contribution in [0.25, 0.3) is 0 Å². The van der Waals surface area contributed by atoms with E-state index in [0.29, 0.717) is 18.6 Å². The molecule has 0 bridgehead atoms.